The van der Waals surface area contributed by atoms with E-state index in [0.717, 1.165) is 11.3 Å². The van der Waals surface area contributed by atoms with Gasteiger partial charge in [0.1, 0.15) is 5.75 Å². The molecule has 4 heteroatoms. The number of Topliss-reactive ketones (excluding diaryl/α,β-unsaturated/α-hetero) is 1. The molecule has 0 amide bonds. The number of benzene rings is 2. The Bertz CT molecular complexity index is 611. The van der Waals surface area contributed by atoms with Crippen LogP contribution in [-0.2, 0) is 6.42 Å². The molecule has 0 saturated heterocycles. The molecule has 0 aromatic heterocycles. The molecular formula is C15H12BrClO2. The molecule has 98 valence electrons. The van der Waals surface area contributed by atoms with E-state index in [4.69, 9.17) is 16.3 Å². The van der Waals surface area contributed by atoms with Crippen LogP contribution in [0.3, 0.4) is 0 Å². The molecule has 2 aromatic rings. The van der Waals surface area contributed by atoms with E-state index < -0.39 is 0 Å². The van der Waals surface area contributed by atoms with Gasteiger partial charge in [0.05, 0.1) is 7.11 Å². The fourth-order valence-electron chi connectivity index (χ4n) is 1.78. The Labute approximate surface area is 125 Å². The van der Waals surface area contributed by atoms with Gasteiger partial charge in [-0.2, -0.15) is 0 Å². The number of rotatable bonds is 4. The number of ether oxygens (including phenoxy) is 1. The van der Waals surface area contributed by atoms with Crippen LogP contribution in [0.4, 0.5) is 0 Å². The molecule has 0 saturated carbocycles. The molecule has 2 nitrogen and oxygen atoms in total. The van der Waals surface area contributed by atoms with E-state index in [1.54, 1.807) is 25.3 Å². The van der Waals surface area contributed by atoms with Crippen molar-refractivity contribution in [2.75, 3.05) is 7.11 Å². The zero-order valence-electron chi connectivity index (χ0n) is 10.3. The van der Waals surface area contributed by atoms with Crippen molar-refractivity contribution in [3.05, 3.63) is 63.1 Å². The second-order valence-corrected chi connectivity index (χ2v) is 5.37. The first-order valence-electron chi connectivity index (χ1n) is 5.71. The zero-order chi connectivity index (χ0) is 13.8. The molecule has 0 atom stereocenters. The van der Waals surface area contributed by atoms with Crippen molar-refractivity contribution in [1.29, 1.82) is 0 Å². The number of hydrogen-bond acceptors (Lipinski definition) is 2. The second-order valence-electron chi connectivity index (χ2n) is 4.08. The molecule has 0 aliphatic heterocycles. The predicted molar refractivity (Wildman–Crippen MR) is 80.2 cm³/mol. The van der Waals surface area contributed by atoms with E-state index in [9.17, 15) is 4.79 Å². The normalized spacial score (nSPS) is 10.3. The summed E-state index contributed by atoms with van der Waals surface area (Å²) < 4.78 is 5.86. The number of carbonyl (C=O) groups excluding carboxylic acids is 1. The lowest BCUT2D eigenvalue weighted by Crippen LogP contribution is -2.04. The Morgan fingerprint density at radius 3 is 2.74 bits per heavy atom. The minimum atomic E-state index is 0.0387. The number of carbonyl (C=O) groups is 1. The maximum atomic E-state index is 12.2. The molecule has 0 bridgehead atoms. The van der Waals surface area contributed by atoms with Gasteiger partial charge in [0.2, 0.25) is 0 Å². The van der Waals surface area contributed by atoms with Gasteiger partial charge in [-0.05, 0) is 51.8 Å². The monoisotopic (exact) mass is 338 g/mol. The van der Waals surface area contributed by atoms with E-state index in [0.29, 0.717) is 21.5 Å². The highest BCUT2D eigenvalue weighted by atomic mass is 79.9. The molecule has 0 unspecified atom stereocenters. The van der Waals surface area contributed by atoms with E-state index in [-0.39, 0.29) is 5.78 Å². The van der Waals surface area contributed by atoms with Crippen LogP contribution in [0.25, 0.3) is 0 Å². The lowest BCUT2D eigenvalue weighted by Gasteiger charge is -2.06. The van der Waals surface area contributed by atoms with Crippen LogP contribution in [0.2, 0.25) is 5.02 Å². The summed E-state index contributed by atoms with van der Waals surface area (Å²) in [5.74, 6) is 0.789. The van der Waals surface area contributed by atoms with Crippen LogP contribution in [0, 0.1) is 0 Å². The second kappa shape index (κ2) is 6.22. The highest BCUT2D eigenvalue weighted by Crippen LogP contribution is 2.23. The molecule has 0 aliphatic carbocycles. The third kappa shape index (κ3) is 3.58. The first-order valence-corrected chi connectivity index (χ1v) is 6.88. The van der Waals surface area contributed by atoms with E-state index in [2.05, 4.69) is 15.9 Å². The fraction of sp³-hybridized carbons (Fsp3) is 0.133. The Morgan fingerprint density at radius 2 is 2.05 bits per heavy atom. The Kier molecular flexibility index (Phi) is 4.61. The van der Waals surface area contributed by atoms with Gasteiger partial charge in [-0.15, -0.1) is 0 Å². The van der Waals surface area contributed by atoms with Gasteiger partial charge in [-0.3, -0.25) is 4.79 Å². The van der Waals surface area contributed by atoms with Crippen LogP contribution < -0.4 is 4.74 Å². The van der Waals surface area contributed by atoms with Gasteiger partial charge < -0.3 is 4.74 Å². The molecular weight excluding hydrogens is 328 g/mol. The van der Waals surface area contributed by atoms with Crippen LogP contribution in [-0.4, -0.2) is 12.9 Å². The lowest BCUT2D eigenvalue weighted by molar-refractivity contribution is 0.0992. The third-order valence-electron chi connectivity index (χ3n) is 2.73. The summed E-state index contributed by atoms with van der Waals surface area (Å²) in [6, 6.07) is 12.7. The predicted octanol–water partition coefficient (Wildman–Crippen LogP) is 4.54. The van der Waals surface area contributed by atoms with Crippen LogP contribution in [0.15, 0.2) is 46.9 Å². The SMILES string of the molecule is COc1cccc(CC(=O)c2ccc(Cl)cc2Br)c1. The highest BCUT2D eigenvalue weighted by molar-refractivity contribution is 9.10. The summed E-state index contributed by atoms with van der Waals surface area (Å²) in [7, 11) is 1.61. The van der Waals surface area contributed by atoms with Gasteiger partial charge in [-0.25, -0.2) is 0 Å². The minimum absolute atomic E-state index is 0.0387. The number of hydrogen-bond donors (Lipinski definition) is 0. The topological polar surface area (TPSA) is 26.3 Å². The lowest BCUT2D eigenvalue weighted by atomic mass is 10.0. The largest absolute Gasteiger partial charge is 0.497 e. The van der Waals surface area contributed by atoms with Crippen molar-refractivity contribution >= 4 is 33.3 Å². The highest BCUT2D eigenvalue weighted by Gasteiger charge is 2.11. The Hall–Kier alpha value is -1.32. The van der Waals surface area contributed by atoms with E-state index in [1.165, 1.54) is 0 Å². The van der Waals surface area contributed by atoms with Crippen molar-refractivity contribution in [3.8, 4) is 5.75 Å². The molecule has 0 spiro atoms. The quantitative estimate of drug-likeness (QED) is 0.765. The van der Waals surface area contributed by atoms with E-state index in [1.807, 2.05) is 24.3 Å². The van der Waals surface area contributed by atoms with Crippen molar-refractivity contribution in [1.82, 2.24) is 0 Å². The van der Waals surface area contributed by atoms with Crippen molar-refractivity contribution in [3.63, 3.8) is 0 Å². The average molecular weight is 340 g/mol. The Morgan fingerprint density at radius 1 is 1.26 bits per heavy atom. The van der Waals surface area contributed by atoms with Gasteiger partial charge in [0.15, 0.2) is 5.78 Å². The van der Waals surface area contributed by atoms with Gasteiger partial charge in [-0.1, -0.05) is 23.7 Å². The molecule has 0 N–H and O–H groups in total. The first kappa shape index (κ1) is 14.1. The number of halogens is 2. The van der Waals surface area contributed by atoms with Gasteiger partial charge in [0.25, 0.3) is 0 Å². The standard InChI is InChI=1S/C15H12BrClO2/c1-19-12-4-2-3-10(7-12)8-15(18)13-6-5-11(17)9-14(13)16/h2-7,9H,8H2,1H3. The fourth-order valence-corrected chi connectivity index (χ4v) is 2.68. The summed E-state index contributed by atoms with van der Waals surface area (Å²) in [6.45, 7) is 0. The smallest absolute Gasteiger partial charge is 0.168 e. The molecule has 2 rings (SSSR count). The molecule has 0 fully saturated rings. The van der Waals surface area contributed by atoms with Crippen molar-refractivity contribution < 1.29 is 9.53 Å². The third-order valence-corrected chi connectivity index (χ3v) is 3.62. The molecule has 2 aromatic carbocycles. The number of ketones is 1. The van der Waals surface area contributed by atoms with Gasteiger partial charge >= 0.3 is 0 Å². The van der Waals surface area contributed by atoms with E-state index >= 15 is 0 Å². The average Bonchev–Trinajstić information content (AvgIpc) is 2.38. The van der Waals surface area contributed by atoms with Crippen LogP contribution in [0.5, 0.6) is 5.75 Å². The van der Waals surface area contributed by atoms with Crippen molar-refractivity contribution in [2.45, 2.75) is 6.42 Å². The molecule has 0 aliphatic rings. The maximum Gasteiger partial charge on any atom is 0.168 e. The molecule has 0 radical (unpaired) electrons. The van der Waals surface area contributed by atoms with Gasteiger partial charge in [0, 0.05) is 21.5 Å². The first-order chi connectivity index (χ1) is 9.10. The molecule has 0 heterocycles. The minimum Gasteiger partial charge on any atom is -0.497 e. The summed E-state index contributed by atoms with van der Waals surface area (Å²) in [6.07, 6.45) is 0.331. The maximum absolute atomic E-state index is 12.2. The molecule has 19 heavy (non-hydrogen) atoms. The Balaban J connectivity index is 2.20. The summed E-state index contributed by atoms with van der Waals surface area (Å²) in [5, 5.41) is 0.602. The summed E-state index contributed by atoms with van der Waals surface area (Å²) in [4.78, 5) is 12.2. The summed E-state index contributed by atoms with van der Waals surface area (Å²) >= 11 is 9.22. The van der Waals surface area contributed by atoms with Crippen molar-refractivity contribution in [2.24, 2.45) is 0 Å². The zero-order valence-corrected chi connectivity index (χ0v) is 12.7. The summed E-state index contributed by atoms with van der Waals surface area (Å²) in [5.41, 5.74) is 1.55. The number of methoxy groups -OCH3 is 1. The van der Waals surface area contributed by atoms with Crippen LogP contribution >= 0.6 is 27.5 Å². The van der Waals surface area contributed by atoms with Crippen LogP contribution in [0.1, 0.15) is 15.9 Å².